The summed E-state index contributed by atoms with van der Waals surface area (Å²) >= 11 is 0. The number of amides is 5. The zero-order valence-corrected chi connectivity index (χ0v) is 45.4. The van der Waals surface area contributed by atoms with Crippen LogP contribution in [-0.2, 0) is 73.1 Å². The Labute approximate surface area is 433 Å². The Morgan fingerprint density at radius 1 is 0.795 bits per heavy atom. The Balaban J connectivity index is 1.92. The fraction of sp³-hybridized carbons (Fsp3) is 0.769. The number of benzene rings is 1. The van der Waals surface area contributed by atoms with Crippen molar-refractivity contribution in [3.63, 3.8) is 0 Å². The van der Waals surface area contributed by atoms with Crippen LogP contribution < -0.4 is 21.7 Å². The summed E-state index contributed by atoms with van der Waals surface area (Å²) in [6.45, 7) is 18.1. The van der Waals surface area contributed by atoms with Crippen LogP contribution in [0.2, 0.25) is 0 Å². The molecule has 0 bridgehead atoms. The number of methoxy groups -OCH3 is 2. The number of carbonyl (C=O) groups is 6. The minimum absolute atomic E-state index is 0.0208. The van der Waals surface area contributed by atoms with E-state index in [-0.39, 0.29) is 50.2 Å². The number of imide groups is 1. The lowest BCUT2D eigenvalue weighted by atomic mass is 9.87. The van der Waals surface area contributed by atoms with Gasteiger partial charge in [-0.15, -0.1) is 0 Å². The molecule has 0 saturated carbocycles. The Morgan fingerprint density at radius 3 is 1.81 bits per heavy atom. The maximum atomic E-state index is 14.4. The Bertz CT molecular complexity index is 1760. The molecule has 1 aliphatic rings. The highest BCUT2D eigenvalue weighted by atomic mass is 16.6. The van der Waals surface area contributed by atoms with Crippen molar-refractivity contribution in [1.82, 2.24) is 25.8 Å². The number of nitrogens with zero attached hydrogens (tertiary/aromatic N) is 2. The van der Waals surface area contributed by atoms with Gasteiger partial charge in [-0.05, 0) is 51.1 Å². The van der Waals surface area contributed by atoms with Crippen molar-refractivity contribution in [3.05, 3.63) is 35.9 Å². The van der Waals surface area contributed by atoms with Crippen LogP contribution >= 0.6 is 0 Å². The summed E-state index contributed by atoms with van der Waals surface area (Å²) in [6.07, 6.45) is 0.575. The molecule has 6 N–H and O–H groups in total. The summed E-state index contributed by atoms with van der Waals surface area (Å²) in [7, 11) is 4.80. The average molecular weight is 1040 g/mol. The molecule has 1 fully saturated rings. The highest BCUT2D eigenvalue weighted by molar-refractivity contribution is 6.03. The quantitative estimate of drug-likeness (QED) is 0.0590. The van der Waals surface area contributed by atoms with Gasteiger partial charge in [0.25, 0.3) is 5.91 Å². The Kier molecular flexibility index (Phi) is 32.0. The molecule has 21 heteroatoms. The van der Waals surface area contributed by atoms with E-state index in [2.05, 4.69) is 16.0 Å². The third-order valence-corrected chi connectivity index (χ3v) is 13.0. The van der Waals surface area contributed by atoms with Gasteiger partial charge in [-0.1, -0.05) is 71.4 Å². The fourth-order valence-electron chi connectivity index (χ4n) is 8.95. The predicted octanol–water partition coefficient (Wildman–Crippen LogP) is 2.20. The number of likely N-dealkylation sites (N-methyl/N-ethyl adjacent to an activating group) is 1. The van der Waals surface area contributed by atoms with Gasteiger partial charge in [-0.3, -0.25) is 34.2 Å². The van der Waals surface area contributed by atoms with Crippen LogP contribution in [0.4, 0.5) is 0 Å². The Morgan fingerprint density at radius 2 is 1.33 bits per heavy atom. The van der Waals surface area contributed by atoms with Crippen molar-refractivity contribution >= 4 is 35.5 Å². The van der Waals surface area contributed by atoms with E-state index in [1.165, 1.54) is 28.1 Å². The molecule has 0 aliphatic carbocycles. The Hall–Kier alpha value is -4.16. The number of carboxylic acid groups (broad SMARTS) is 1. The smallest absolute Gasteiger partial charge is 0.326 e. The van der Waals surface area contributed by atoms with Gasteiger partial charge in [-0.2, -0.15) is 0 Å². The van der Waals surface area contributed by atoms with Crippen molar-refractivity contribution in [2.45, 2.75) is 129 Å². The van der Waals surface area contributed by atoms with E-state index in [9.17, 15) is 33.9 Å². The molecule has 0 unspecified atom stereocenters. The second-order valence-corrected chi connectivity index (χ2v) is 19.3. The molecule has 1 aromatic carbocycles. The second kappa shape index (κ2) is 35.9. The van der Waals surface area contributed by atoms with E-state index in [0.29, 0.717) is 98.4 Å². The summed E-state index contributed by atoms with van der Waals surface area (Å²) in [5.41, 5.74) is 4.68. The molecule has 0 aromatic heterocycles. The molecular weight excluding hydrogens is 949 g/mol. The minimum atomic E-state index is -1.45. The highest BCUT2D eigenvalue weighted by Crippen LogP contribution is 2.30. The molecule has 8 atom stereocenters. The number of nitrogens with two attached hydrogens (primary N) is 1. The monoisotopic (exact) mass is 1040 g/mol. The van der Waals surface area contributed by atoms with Crippen molar-refractivity contribution in [1.29, 1.82) is 0 Å². The van der Waals surface area contributed by atoms with Gasteiger partial charge < -0.3 is 64.3 Å². The van der Waals surface area contributed by atoms with Crippen LogP contribution in [0.1, 0.15) is 86.1 Å². The number of nitrogens with one attached hydrogen (secondary N) is 3. The second-order valence-electron chi connectivity index (χ2n) is 19.3. The first-order valence-corrected chi connectivity index (χ1v) is 25.8. The van der Waals surface area contributed by atoms with Crippen LogP contribution in [0.3, 0.4) is 0 Å². The first-order valence-electron chi connectivity index (χ1n) is 25.8. The first-order chi connectivity index (χ1) is 34.8. The number of hydrogen-bond donors (Lipinski definition) is 5. The third kappa shape index (κ3) is 23.5. The number of carboxylic acids is 1. The lowest BCUT2D eigenvalue weighted by Crippen LogP contribution is -2.62. The zero-order valence-electron chi connectivity index (χ0n) is 45.4. The van der Waals surface area contributed by atoms with Crippen molar-refractivity contribution in [2.75, 3.05) is 114 Å². The topological polar surface area (TPSA) is 265 Å². The van der Waals surface area contributed by atoms with E-state index in [4.69, 9.17) is 43.6 Å². The lowest BCUT2D eigenvalue weighted by Gasteiger charge is -2.43. The molecule has 0 radical (unpaired) electrons. The van der Waals surface area contributed by atoms with Gasteiger partial charge in [0.05, 0.1) is 116 Å². The molecule has 73 heavy (non-hydrogen) atoms. The van der Waals surface area contributed by atoms with Crippen LogP contribution in [0, 0.1) is 17.8 Å². The maximum Gasteiger partial charge on any atom is 0.326 e. The van der Waals surface area contributed by atoms with E-state index < -0.39 is 77.4 Å². The van der Waals surface area contributed by atoms with Gasteiger partial charge in [0.15, 0.2) is 0 Å². The fourth-order valence-corrected chi connectivity index (χ4v) is 8.95. The molecule has 5 amide bonds. The van der Waals surface area contributed by atoms with Gasteiger partial charge in [0.1, 0.15) is 11.6 Å². The summed E-state index contributed by atoms with van der Waals surface area (Å²) in [5, 5.41) is 17.9. The summed E-state index contributed by atoms with van der Waals surface area (Å²) < 4.78 is 44.6. The number of ether oxygens (including phenoxy) is 8. The number of rotatable bonds is 40. The summed E-state index contributed by atoms with van der Waals surface area (Å²) in [6, 6.07) is 6.13. The first kappa shape index (κ1) is 65.0. The molecule has 1 heterocycles. The summed E-state index contributed by atoms with van der Waals surface area (Å²) in [4.78, 5) is 84.4. The van der Waals surface area contributed by atoms with Gasteiger partial charge in [0, 0.05) is 46.2 Å². The normalized spacial score (nSPS) is 16.9. The molecule has 2 rings (SSSR count). The SMILES string of the molecule is CC[C@H](C)[C@@H]([C@@H](CC(=O)N1CCC[C@H]1[C@H](OC)[C@@H](C)C(=O)N[C@@H](Cc1ccccc1)C(=O)O)OC)N(C)[C@H](C(=O)NC(=O)C(C)(C)NC(=O)CCOCCOCCOCCOCCOCCOCCN)C(C)C. The van der Waals surface area contributed by atoms with Crippen LogP contribution in [0.5, 0.6) is 0 Å². The van der Waals surface area contributed by atoms with Crippen molar-refractivity contribution in [3.8, 4) is 0 Å². The molecule has 1 aliphatic heterocycles. The standard InChI is InChI=1S/C52H90N6O15/c1-11-37(4)46(42(66-9)35-44(60)58-21-15-18-41(58)47(67-10)38(5)48(61)54-40(50(63)64)34-39-16-13-12-14-17-39)57(8)45(36(2)3)49(62)55-51(65)52(6,7)56-43(59)19-22-68-24-26-70-28-30-72-32-33-73-31-29-71-27-25-69-23-20-53/h12-14,16-17,36-38,40-42,45-47H,11,15,18-35,53H2,1-10H3,(H,54,61)(H,56,59)(H,63,64)(H,55,62,65)/t37-,38+,40-,41-,42+,45-,46-,47+/m0/s1. The number of likely N-dealkylation sites (tertiary alicyclic amines) is 1. The lowest BCUT2D eigenvalue weighted by molar-refractivity contribution is -0.146. The summed E-state index contributed by atoms with van der Waals surface area (Å²) in [5.74, 6) is -4.70. The van der Waals surface area contributed by atoms with E-state index in [0.717, 1.165) is 5.56 Å². The zero-order chi connectivity index (χ0) is 54.3. The van der Waals surface area contributed by atoms with Crippen molar-refractivity contribution < 1.29 is 71.8 Å². The number of carbonyl (C=O) groups excluding carboxylic acids is 5. The largest absolute Gasteiger partial charge is 0.480 e. The highest BCUT2D eigenvalue weighted by Gasteiger charge is 2.44. The number of aliphatic carboxylic acids is 1. The molecule has 418 valence electrons. The molecular formula is C52H90N6O15. The maximum absolute atomic E-state index is 14.4. The van der Waals surface area contributed by atoms with Crippen LogP contribution in [-0.4, -0.2) is 206 Å². The number of hydrogen-bond acceptors (Lipinski definition) is 16. The molecule has 0 spiro atoms. The van der Waals surface area contributed by atoms with Crippen LogP contribution in [0.25, 0.3) is 0 Å². The predicted molar refractivity (Wildman–Crippen MR) is 273 cm³/mol. The third-order valence-electron chi connectivity index (χ3n) is 13.0. The van der Waals surface area contributed by atoms with Gasteiger partial charge >= 0.3 is 5.97 Å². The molecule has 21 nitrogen and oxygen atoms in total. The molecule has 1 aromatic rings. The van der Waals surface area contributed by atoms with Crippen LogP contribution in [0.15, 0.2) is 30.3 Å². The van der Waals surface area contributed by atoms with E-state index in [1.807, 2.05) is 38.7 Å². The van der Waals surface area contributed by atoms with Crippen molar-refractivity contribution in [2.24, 2.45) is 23.5 Å². The minimum Gasteiger partial charge on any atom is -0.480 e. The molecule has 1 saturated heterocycles. The van der Waals surface area contributed by atoms with Gasteiger partial charge in [-0.25, -0.2) is 4.79 Å². The van der Waals surface area contributed by atoms with E-state index >= 15 is 0 Å². The van der Waals surface area contributed by atoms with E-state index in [1.54, 1.807) is 43.1 Å². The van der Waals surface area contributed by atoms with Gasteiger partial charge in [0.2, 0.25) is 23.6 Å². The average Bonchev–Trinajstić information content (AvgIpc) is 3.84.